The van der Waals surface area contributed by atoms with Gasteiger partial charge >= 0.3 is 11.9 Å². The molecule has 0 aromatic rings. The predicted molar refractivity (Wildman–Crippen MR) is 191 cm³/mol. The van der Waals surface area contributed by atoms with Crippen molar-refractivity contribution in [3.8, 4) is 0 Å². The SMILES string of the molecule is CCCCCC=CCC=CCCCCCCCC(=O)OCC(CO)COC(=O)CCCCCCCC=CCC=CCCCCC. The molecule has 0 spiro atoms. The van der Waals surface area contributed by atoms with Gasteiger partial charge in [0.05, 0.1) is 25.7 Å². The van der Waals surface area contributed by atoms with E-state index in [1.165, 1.54) is 77.0 Å². The summed E-state index contributed by atoms with van der Waals surface area (Å²) in [6.45, 7) is 4.48. The number of hydrogen-bond donors (Lipinski definition) is 1. The lowest BCUT2D eigenvalue weighted by atomic mass is 10.1. The third-order valence-corrected chi connectivity index (χ3v) is 7.88. The molecule has 0 unspecified atom stereocenters. The average Bonchev–Trinajstić information content (AvgIpc) is 3.04. The minimum atomic E-state index is -0.368. The van der Waals surface area contributed by atoms with Gasteiger partial charge in [-0.3, -0.25) is 9.59 Å². The summed E-state index contributed by atoms with van der Waals surface area (Å²) in [7, 11) is 0. The van der Waals surface area contributed by atoms with E-state index in [1.54, 1.807) is 0 Å². The standard InChI is InChI=1S/C40H70O5/c1-3-5-7-9-11-13-15-17-19-21-23-25-27-29-31-33-39(42)44-36-38(35-41)37-45-40(43)34-32-30-28-26-24-22-20-18-16-14-12-10-8-6-4-2/h11-14,17-20,38,41H,3-10,15-16,21-37H2,1-2H3. The lowest BCUT2D eigenvalue weighted by Gasteiger charge is -2.15. The molecule has 0 radical (unpaired) electrons. The fourth-order valence-electron chi connectivity index (χ4n) is 4.88. The van der Waals surface area contributed by atoms with Crippen molar-refractivity contribution in [1.29, 1.82) is 0 Å². The summed E-state index contributed by atoms with van der Waals surface area (Å²) in [5.41, 5.74) is 0. The molecule has 0 aliphatic heterocycles. The summed E-state index contributed by atoms with van der Waals surface area (Å²) in [6.07, 6.45) is 44.2. The Balaban J connectivity index is 3.62. The first-order valence-electron chi connectivity index (χ1n) is 18.7. The lowest BCUT2D eigenvalue weighted by Crippen LogP contribution is -2.23. The molecule has 0 aliphatic carbocycles. The van der Waals surface area contributed by atoms with Crippen molar-refractivity contribution in [2.75, 3.05) is 19.8 Å². The van der Waals surface area contributed by atoms with E-state index in [2.05, 4.69) is 62.5 Å². The fraction of sp³-hybridized carbons (Fsp3) is 0.750. The molecule has 1 N–H and O–H groups in total. The van der Waals surface area contributed by atoms with Crippen LogP contribution < -0.4 is 0 Å². The van der Waals surface area contributed by atoms with Crippen molar-refractivity contribution in [3.63, 3.8) is 0 Å². The van der Waals surface area contributed by atoms with Crippen LogP contribution in [0.1, 0.15) is 168 Å². The van der Waals surface area contributed by atoms with E-state index < -0.39 is 0 Å². The van der Waals surface area contributed by atoms with Gasteiger partial charge in [-0.2, -0.15) is 0 Å². The first-order chi connectivity index (χ1) is 22.1. The van der Waals surface area contributed by atoms with Crippen molar-refractivity contribution < 1.29 is 24.2 Å². The Labute approximate surface area is 278 Å². The Morgan fingerprint density at radius 1 is 0.489 bits per heavy atom. The number of aliphatic hydroxyl groups is 1. The van der Waals surface area contributed by atoms with E-state index in [-0.39, 0.29) is 37.7 Å². The number of carbonyl (C=O) groups is 2. The van der Waals surface area contributed by atoms with Gasteiger partial charge in [0.15, 0.2) is 0 Å². The Morgan fingerprint density at radius 2 is 0.822 bits per heavy atom. The number of ether oxygens (including phenoxy) is 2. The highest BCUT2D eigenvalue weighted by atomic mass is 16.5. The molecule has 260 valence electrons. The van der Waals surface area contributed by atoms with Gasteiger partial charge in [-0.05, 0) is 77.0 Å². The second-order valence-corrected chi connectivity index (χ2v) is 12.4. The molecule has 0 atom stereocenters. The van der Waals surface area contributed by atoms with E-state index in [9.17, 15) is 14.7 Å². The highest BCUT2D eigenvalue weighted by Gasteiger charge is 2.14. The molecule has 0 aliphatic rings. The van der Waals surface area contributed by atoms with Crippen molar-refractivity contribution in [2.45, 2.75) is 168 Å². The lowest BCUT2D eigenvalue weighted by molar-refractivity contribution is -0.149. The maximum absolute atomic E-state index is 12.1. The maximum atomic E-state index is 12.1. The smallest absolute Gasteiger partial charge is 0.305 e. The van der Waals surface area contributed by atoms with Crippen LogP contribution in [-0.4, -0.2) is 36.9 Å². The average molecular weight is 631 g/mol. The number of esters is 2. The van der Waals surface area contributed by atoms with Gasteiger partial charge in [0, 0.05) is 12.8 Å². The van der Waals surface area contributed by atoms with Crippen LogP contribution in [0.2, 0.25) is 0 Å². The molecule has 0 heterocycles. The van der Waals surface area contributed by atoms with Crippen molar-refractivity contribution >= 4 is 11.9 Å². The molecule has 0 saturated carbocycles. The van der Waals surface area contributed by atoms with Crippen molar-refractivity contribution in [2.24, 2.45) is 5.92 Å². The first kappa shape index (κ1) is 42.9. The molecular formula is C40H70O5. The maximum Gasteiger partial charge on any atom is 0.305 e. The summed E-state index contributed by atoms with van der Waals surface area (Å²) in [4.78, 5) is 24.1. The fourth-order valence-corrected chi connectivity index (χ4v) is 4.88. The highest BCUT2D eigenvalue weighted by Crippen LogP contribution is 2.11. The monoisotopic (exact) mass is 631 g/mol. The van der Waals surface area contributed by atoms with Crippen LogP contribution in [0, 0.1) is 5.92 Å². The number of aliphatic hydroxyl groups excluding tert-OH is 1. The second-order valence-electron chi connectivity index (χ2n) is 12.4. The van der Waals surface area contributed by atoms with Crippen LogP contribution in [0.25, 0.3) is 0 Å². The third kappa shape index (κ3) is 34.6. The molecule has 5 heteroatoms. The molecular weight excluding hydrogens is 560 g/mol. The Bertz CT molecular complexity index is 705. The summed E-state index contributed by atoms with van der Waals surface area (Å²) < 4.78 is 10.6. The van der Waals surface area contributed by atoms with Gasteiger partial charge in [0.25, 0.3) is 0 Å². The van der Waals surface area contributed by atoms with E-state index in [4.69, 9.17) is 9.47 Å². The normalized spacial score (nSPS) is 12.7. The third-order valence-electron chi connectivity index (χ3n) is 7.88. The molecule has 5 nitrogen and oxygen atoms in total. The highest BCUT2D eigenvalue weighted by molar-refractivity contribution is 5.69. The predicted octanol–water partition coefficient (Wildman–Crippen LogP) is 11.3. The number of allylic oxidation sites excluding steroid dienone is 8. The van der Waals surface area contributed by atoms with Gasteiger partial charge in [0.2, 0.25) is 0 Å². The number of unbranched alkanes of at least 4 members (excludes halogenated alkanes) is 16. The number of rotatable bonds is 33. The summed E-state index contributed by atoms with van der Waals surface area (Å²) in [5, 5.41) is 9.59. The topological polar surface area (TPSA) is 72.8 Å². The number of carbonyl (C=O) groups excluding carboxylic acids is 2. The molecule has 0 rings (SSSR count). The largest absolute Gasteiger partial charge is 0.465 e. The first-order valence-corrected chi connectivity index (χ1v) is 18.7. The van der Waals surface area contributed by atoms with Crippen LogP contribution >= 0.6 is 0 Å². The Hall–Kier alpha value is -2.14. The molecule has 0 fully saturated rings. The van der Waals surface area contributed by atoms with Gasteiger partial charge in [-0.1, -0.05) is 127 Å². The van der Waals surface area contributed by atoms with E-state index in [1.807, 2.05) is 0 Å². The van der Waals surface area contributed by atoms with Gasteiger partial charge in [-0.15, -0.1) is 0 Å². The molecule has 0 bridgehead atoms. The van der Waals surface area contributed by atoms with Crippen LogP contribution in [0.15, 0.2) is 48.6 Å². The van der Waals surface area contributed by atoms with Crippen LogP contribution in [0.5, 0.6) is 0 Å². The second kappa shape index (κ2) is 36.3. The Morgan fingerprint density at radius 3 is 1.18 bits per heavy atom. The van der Waals surface area contributed by atoms with E-state index >= 15 is 0 Å². The van der Waals surface area contributed by atoms with Gasteiger partial charge in [-0.25, -0.2) is 0 Å². The van der Waals surface area contributed by atoms with Crippen LogP contribution in [0.4, 0.5) is 0 Å². The minimum Gasteiger partial charge on any atom is -0.465 e. The van der Waals surface area contributed by atoms with Gasteiger partial charge in [0.1, 0.15) is 0 Å². The molecule has 45 heavy (non-hydrogen) atoms. The minimum absolute atomic E-state index is 0.0899. The zero-order valence-corrected chi connectivity index (χ0v) is 29.4. The van der Waals surface area contributed by atoms with Crippen molar-refractivity contribution in [1.82, 2.24) is 0 Å². The molecule has 0 aromatic carbocycles. The molecule has 0 amide bonds. The summed E-state index contributed by atoms with van der Waals surface area (Å²) in [5.74, 6) is -0.849. The summed E-state index contributed by atoms with van der Waals surface area (Å²) in [6, 6.07) is 0. The van der Waals surface area contributed by atoms with Crippen LogP contribution in [0.3, 0.4) is 0 Å². The van der Waals surface area contributed by atoms with Crippen molar-refractivity contribution in [3.05, 3.63) is 48.6 Å². The molecule has 0 aromatic heterocycles. The number of hydrogen-bond acceptors (Lipinski definition) is 5. The van der Waals surface area contributed by atoms with E-state index in [0.29, 0.717) is 12.8 Å². The van der Waals surface area contributed by atoms with Crippen LogP contribution in [-0.2, 0) is 19.1 Å². The molecule has 0 saturated heterocycles. The quantitative estimate of drug-likeness (QED) is 0.0444. The van der Waals surface area contributed by atoms with Gasteiger partial charge < -0.3 is 14.6 Å². The zero-order valence-electron chi connectivity index (χ0n) is 29.4. The summed E-state index contributed by atoms with van der Waals surface area (Å²) >= 11 is 0. The zero-order chi connectivity index (χ0) is 32.9. The van der Waals surface area contributed by atoms with E-state index in [0.717, 1.165) is 64.2 Å². The Kier molecular flexibility index (Phi) is 34.6.